The minimum absolute atomic E-state index is 0.255. The van der Waals surface area contributed by atoms with Gasteiger partial charge in [-0.3, -0.25) is 14.9 Å². The molecule has 0 atom stereocenters. The minimum Gasteiger partial charge on any atom is -0.450 e. The summed E-state index contributed by atoms with van der Waals surface area (Å²) in [7, 11) is 0. The molecule has 0 unspecified atom stereocenters. The van der Waals surface area contributed by atoms with Crippen LogP contribution in [0.15, 0.2) is 35.9 Å². The number of hydrogen-bond acceptors (Lipinski definition) is 4. The van der Waals surface area contributed by atoms with Gasteiger partial charge in [0.15, 0.2) is 0 Å². The van der Waals surface area contributed by atoms with Crippen LogP contribution in [0.4, 0.5) is 16.2 Å². The molecule has 136 valence electrons. The van der Waals surface area contributed by atoms with E-state index in [1.54, 1.807) is 38.1 Å². The Balaban J connectivity index is 3.03. The van der Waals surface area contributed by atoms with Crippen LogP contribution in [0, 0.1) is 0 Å². The zero-order chi connectivity index (χ0) is 18.8. The summed E-state index contributed by atoms with van der Waals surface area (Å²) in [4.78, 5) is 37.3. The number of nitrogens with one attached hydrogen (secondary N) is 1. The molecule has 1 N–H and O–H groups in total. The fraction of sp³-hybridized carbons (Fsp3) is 0.421. The van der Waals surface area contributed by atoms with Crippen LogP contribution < -0.4 is 10.2 Å². The van der Waals surface area contributed by atoms with Crippen molar-refractivity contribution in [1.29, 1.82) is 0 Å². The molecule has 0 bridgehead atoms. The van der Waals surface area contributed by atoms with Crippen molar-refractivity contribution in [2.45, 2.75) is 47.0 Å². The summed E-state index contributed by atoms with van der Waals surface area (Å²) in [6, 6.07) is 6.54. The first-order valence-electron chi connectivity index (χ1n) is 8.46. The van der Waals surface area contributed by atoms with Crippen molar-refractivity contribution >= 4 is 29.3 Å². The van der Waals surface area contributed by atoms with E-state index in [0.29, 0.717) is 16.9 Å². The lowest BCUT2D eigenvalue weighted by Gasteiger charge is -2.20. The van der Waals surface area contributed by atoms with Gasteiger partial charge in [0.1, 0.15) is 0 Å². The SMILES string of the molecule is CCCC/C=C(\C)C(=O)N(C(C)=O)c1cccc(NC(=O)OCC)c1. The van der Waals surface area contributed by atoms with E-state index in [1.165, 1.54) is 6.92 Å². The Morgan fingerprint density at radius 1 is 1.20 bits per heavy atom. The van der Waals surface area contributed by atoms with Crippen LogP contribution >= 0.6 is 0 Å². The second-order valence-electron chi connectivity index (χ2n) is 5.58. The van der Waals surface area contributed by atoms with Gasteiger partial charge >= 0.3 is 6.09 Å². The molecule has 0 saturated carbocycles. The maximum absolute atomic E-state index is 12.6. The number of allylic oxidation sites excluding steroid dienone is 1. The highest BCUT2D eigenvalue weighted by Gasteiger charge is 2.21. The van der Waals surface area contributed by atoms with Gasteiger partial charge in [-0.25, -0.2) is 9.69 Å². The number of carbonyl (C=O) groups excluding carboxylic acids is 3. The van der Waals surface area contributed by atoms with E-state index >= 15 is 0 Å². The molecule has 0 fully saturated rings. The van der Waals surface area contributed by atoms with Crippen molar-refractivity contribution in [3.05, 3.63) is 35.9 Å². The Hall–Kier alpha value is -2.63. The van der Waals surface area contributed by atoms with E-state index < -0.39 is 6.09 Å². The normalized spacial score (nSPS) is 11.0. The summed E-state index contributed by atoms with van der Waals surface area (Å²) in [5, 5.41) is 2.56. The number of amides is 3. The summed E-state index contributed by atoms with van der Waals surface area (Å²) in [6.07, 6.45) is 4.09. The van der Waals surface area contributed by atoms with E-state index in [4.69, 9.17) is 4.74 Å². The van der Waals surface area contributed by atoms with E-state index in [2.05, 4.69) is 12.2 Å². The molecule has 1 aromatic carbocycles. The summed E-state index contributed by atoms with van der Waals surface area (Å²) in [5.74, 6) is -0.751. The average molecular weight is 346 g/mol. The van der Waals surface area contributed by atoms with E-state index in [0.717, 1.165) is 24.2 Å². The van der Waals surface area contributed by atoms with E-state index in [-0.39, 0.29) is 18.4 Å². The van der Waals surface area contributed by atoms with E-state index in [9.17, 15) is 14.4 Å². The topological polar surface area (TPSA) is 75.7 Å². The van der Waals surface area contributed by atoms with Crippen LogP contribution in [0.3, 0.4) is 0 Å². The van der Waals surface area contributed by atoms with Gasteiger partial charge in [0.2, 0.25) is 5.91 Å². The lowest BCUT2D eigenvalue weighted by molar-refractivity contribution is -0.123. The summed E-state index contributed by atoms with van der Waals surface area (Å²) in [6.45, 7) is 7.08. The second-order valence-corrected chi connectivity index (χ2v) is 5.58. The Labute approximate surface area is 148 Å². The lowest BCUT2D eigenvalue weighted by Crippen LogP contribution is -2.35. The highest BCUT2D eigenvalue weighted by Crippen LogP contribution is 2.22. The number of benzene rings is 1. The molecular formula is C19H26N2O4. The van der Waals surface area contributed by atoms with Gasteiger partial charge in [-0.05, 0) is 38.5 Å². The van der Waals surface area contributed by atoms with Crippen LogP contribution in [-0.4, -0.2) is 24.5 Å². The molecule has 6 heteroatoms. The van der Waals surface area contributed by atoms with Crippen molar-refractivity contribution in [3.63, 3.8) is 0 Å². The average Bonchev–Trinajstić information content (AvgIpc) is 2.55. The molecule has 0 aromatic heterocycles. The molecule has 0 heterocycles. The number of imide groups is 1. The molecule has 0 saturated heterocycles. The molecule has 0 spiro atoms. The molecule has 0 radical (unpaired) electrons. The maximum Gasteiger partial charge on any atom is 0.411 e. The molecule has 25 heavy (non-hydrogen) atoms. The van der Waals surface area contributed by atoms with Crippen molar-refractivity contribution in [3.8, 4) is 0 Å². The van der Waals surface area contributed by atoms with Gasteiger partial charge in [0.05, 0.1) is 12.3 Å². The van der Waals surface area contributed by atoms with E-state index in [1.807, 2.05) is 6.08 Å². The fourth-order valence-electron chi connectivity index (χ4n) is 2.24. The molecule has 0 aliphatic rings. The van der Waals surface area contributed by atoms with Gasteiger partial charge in [-0.15, -0.1) is 0 Å². The zero-order valence-corrected chi connectivity index (χ0v) is 15.3. The molecule has 6 nitrogen and oxygen atoms in total. The van der Waals surface area contributed by atoms with Gasteiger partial charge in [0, 0.05) is 18.2 Å². The van der Waals surface area contributed by atoms with Crippen LogP contribution in [0.2, 0.25) is 0 Å². The van der Waals surface area contributed by atoms with Gasteiger partial charge < -0.3 is 4.74 Å². The number of hydrogen-bond donors (Lipinski definition) is 1. The third-order valence-electron chi connectivity index (χ3n) is 3.49. The predicted octanol–water partition coefficient (Wildman–Crippen LogP) is 4.27. The fourth-order valence-corrected chi connectivity index (χ4v) is 2.24. The smallest absolute Gasteiger partial charge is 0.411 e. The number of carbonyl (C=O) groups is 3. The van der Waals surface area contributed by atoms with Gasteiger partial charge in [-0.1, -0.05) is 31.9 Å². The first-order chi connectivity index (χ1) is 11.9. The molecule has 1 rings (SSSR count). The second kappa shape index (κ2) is 10.3. The van der Waals surface area contributed by atoms with Gasteiger partial charge in [0.25, 0.3) is 5.91 Å². The Morgan fingerprint density at radius 2 is 1.92 bits per heavy atom. The first kappa shape index (κ1) is 20.4. The predicted molar refractivity (Wildman–Crippen MR) is 98.5 cm³/mol. The quantitative estimate of drug-likeness (QED) is 0.591. The lowest BCUT2D eigenvalue weighted by atomic mass is 10.1. The van der Waals surface area contributed by atoms with Crippen LogP contribution in [0.25, 0.3) is 0 Å². The monoisotopic (exact) mass is 346 g/mol. The molecule has 3 amide bonds. The largest absolute Gasteiger partial charge is 0.450 e. The van der Waals surface area contributed by atoms with Crippen molar-refractivity contribution in [2.75, 3.05) is 16.8 Å². The van der Waals surface area contributed by atoms with Gasteiger partial charge in [-0.2, -0.15) is 0 Å². The third kappa shape index (κ3) is 6.41. The number of rotatable bonds is 7. The van der Waals surface area contributed by atoms with Crippen LogP contribution in [-0.2, 0) is 14.3 Å². The molecular weight excluding hydrogens is 320 g/mol. The Bertz CT molecular complexity index is 653. The zero-order valence-electron chi connectivity index (χ0n) is 15.3. The van der Waals surface area contributed by atoms with Crippen molar-refractivity contribution in [1.82, 2.24) is 0 Å². The van der Waals surface area contributed by atoms with Crippen molar-refractivity contribution < 1.29 is 19.1 Å². The van der Waals surface area contributed by atoms with Crippen LogP contribution in [0.1, 0.15) is 47.0 Å². The Morgan fingerprint density at radius 3 is 2.52 bits per heavy atom. The molecule has 0 aliphatic carbocycles. The highest BCUT2D eigenvalue weighted by molar-refractivity contribution is 6.20. The summed E-state index contributed by atoms with van der Waals surface area (Å²) < 4.78 is 4.83. The molecule has 1 aromatic rings. The number of nitrogens with zero attached hydrogens (tertiary/aromatic N) is 1. The first-order valence-corrected chi connectivity index (χ1v) is 8.46. The molecule has 0 aliphatic heterocycles. The standard InChI is InChI=1S/C19H26N2O4/c1-5-7-8-10-14(3)18(23)21(15(4)22)17-12-9-11-16(13-17)20-19(24)25-6-2/h9-13H,5-8H2,1-4H3,(H,20,24)/b14-10+. The Kier molecular flexibility index (Phi) is 8.39. The van der Waals surface area contributed by atoms with Crippen molar-refractivity contribution in [2.24, 2.45) is 0 Å². The highest BCUT2D eigenvalue weighted by atomic mass is 16.5. The number of unbranched alkanes of at least 4 members (excludes halogenated alkanes) is 2. The summed E-state index contributed by atoms with van der Waals surface area (Å²) >= 11 is 0. The number of anilines is 2. The number of ether oxygens (including phenoxy) is 1. The summed E-state index contributed by atoms with van der Waals surface area (Å²) in [5.41, 5.74) is 1.37. The van der Waals surface area contributed by atoms with Crippen LogP contribution in [0.5, 0.6) is 0 Å². The maximum atomic E-state index is 12.6. The third-order valence-corrected chi connectivity index (χ3v) is 3.49. The minimum atomic E-state index is -0.587.